The maximum atomic E-state index is 13.3. The molecule has 2 nitrogen and oxygen atoms in total. The predicted molar refractivity (Wildman–Crippen MR) is 83.1 cm³/mol. The Bertz CT molecular complexity index is 644. The first kappa shape index (κ1) is 14.5. The Morgan fingerprint density at radius 2 is 2.10 bits per heavy atom. The van der Waals surface area contributed by atoms with E-state index in [-0.39, 0.29) is 11.7 Å². The van der Waals surface area contributed by atoms with Crippen molar-refractivity contribution >= 4 is 15.9 Å². The molecule has 0 fully saturated rings. The van der Waals surface area contributed by atoms with Crippen LogP contribution >= 0.6 is 15.9 Å². The summed E-state index contributed by atoms with van der Waals surface area (Å²) in [5, 5.41) is 10.6. The number of aliphatic hydroxyl groups is 1. The van der Waals surface area contributed by atoms with E-state index >= 15 is 0 Å². The quantitative estimate of drug-likeness (QED) is 0.904. The van der Waals surface area contributed by atoms with Crippen molar-refractivity contribution in [3.8, 4) is 5.75 Å². The standard InChI is InChI=1S/C17H16BrFO2/c18-14-9-11(5-6-15(14)19)10-16(20)12-7-8-21-17-4-2-1-3-13(12)17/h1-6,9,12,16,20H,7-8,10H2. The zero-order chi connectivity index (χ0) is 14.8. The number of para-hydroxylation sites is 1. The zero-order valence-electron chi connectivity index (χ0n) is 11.4. The molecule has 0 spiro atoms. The molecule has 2 unspecified atom stereocenters. The third-order valence-corrected chi connectivity index (χ3v) is 4.51. The van der Waals surface area contributed by atoms with Crippen LogP contribution in [0.25, 0.3) is 0 Å². The number of hydrogen-bond acceptors (Lipinski definition) is 2. The van der Waals surface area contributed by atoms with Crippen molar-refractivity contribution in [3.05, 3.63) is 63.9 Å². The second-order valence-electron chi connectivity index (χ2n) is 5.30. The smallest absolute Gasteiger partial charge is 0.137 e. The third-order valence-electron chi connectivity index (χ3n) is 3.90. The van der Waals surface area contributed by atoms with Crippen LogP contribution in [0.15, 0.2) is 46.9 Å². The summed E-state index contributed by atoms with van der Waals surface area (Å²) in [4.78, 5) is 0. The molecule has 0 bridgehead atoms. The summed E-state index contributed by atoms with van der Waals surface area (Å²) in [6.07, 6.45) is 0.783. The number of rotatable bonds is 3. The molecular formula is C17H16BrFO2. The van der Waals surface area contributed by atoms with Crippen molar-refractivity contribution in [2.24, 2.45) is 0 Å². The normalized spacial score (nSPS) is 18.7. The number of aliphatic hydroxyl groups excluding tert-OH is 1. The molecule has 1 aliphatic heterocycles. The maximum Gasteiger partial charge on any atom is 0.137 e. The van der Waals surface area contributed by atoms with Gasteiger partial charge in [-0.05, 0) is 58.1 Å². The lowest BCUT2D eigenvalue weighted by Crippen LogP contribution is -2.26. The average Bonchev–Trinajstić information content (AvgIpc) is 2.50. The van der Waals surface area contributed by atoms with Crippen LogP contribution in [0.1, 0.15) is 23.5 Å². The van der Waals surface area contributed by atoms with E-state index in [4.69, 9.17) is 4.74 Å². The van der Waals surface area contributed by atoms with E-state index < -0.39 is 6.10 Å². The highest BCUT2D eigenvalue weighted by molar-refractivity contribution is 9.10. The number of ether oxygens (including phenoxy) is 1. The van der Waals surface area contributed by atoms with Gasteiger partial charge in [-0.1, -0.05) is 24.3 Å². The van der Waals surface area contributed by atoms with E-state index in [9.17, 15) is 9.50 Å². The summed E-state index contributed by atoms with van der Waals surface area (Å²) in [7, 11) is 0. The summed E-state index contributed by atoms with van der Waals surface area (Å²) in [5.41, 5.74) is 1.97. The summed E-state index contributed by atoms with van der Waals surface area (Å²) >= 11 is 3.18. The van der Waals surface area contributed by atoms with Crippen LogP contribution in [-0.4, -0.2) is 17.8 Å². The van der Waals surface area contributed by atoms with Gasteiger partial charge in [0.15, 0.2) is 0 Å². The van der Waals surface area contributed by atoms with E-state index in [0.29, 0.717) is 17.5 Å². The molecule has 2 aromatic carbocycles. The Labute approximate surface area is 131 Å². The maximum absolute atomic E-state index is 13.3. The van der Waals surface area contributed by atoms with Crippen LogP contribution in [0.2, 0.25) is 0 Å². The van der Waals surface area contributed by atoms with Gasteiger partial charge in [-0.2, -0.15) is 0 Å². The number of halogens is 2. The van der Waals surface area contributed by atoms with Crippen LogP contribution < -0.4 is 4.74 Å². The van der Waals surface area contributed by atoms with Crippen LogP contribution in [0.5, 0.6) is 5.75 Å². The van der Waals surface area contributed by atoms with Gasteiger partial charge in [0, 0.05) is 5.92 Å². The molecule has 1 N–H and O–H groups in total. The van der Waals surface area contributed by atoms with Crippen molar-refractivity contribution in [3.63, 3.8) is 0 Å². The molecule has 0 aliphatic carbocycles. The number of hydrogen-bond donors (Lipinski definition) is 1. The molecule has 4 heteroatoms. The lowest BCUT2D eigenvalue weighted by molar-refractivity contribution is 0.116. The van der Waals surface area contributed by atoms with Crippen molar-refractivity contribution in [2.75, 3.05) is 6.61 Å². The molecule has 1 heterocycles. The molecule has 0 saturated heterocycles. The Morgan fingerprint density at radius 1 is 1.29 bits per heavy atom. The molecule has 1 aliphatic rings. The fraction of sp³-hybridized carbons (Fsp3) is 0.294. The Morgan fingerprint density at radius 3 is 2.90 bits per heavy atom. The van der Waals surface area contributed by atoms with Gasteiger partial charge in [0.2, 0.25) is 0 Å². The van der Waals surface area contributed by atoms with Gasteiger partial charge in [0.05, 0.1) is 17.2 Å². The Hall–Kier alpha value is -1.39. The van der Waals surface area contributed by atoms with Crippen molar-refractivity contribution in [2.45, 2.75) is 24.9 Å². The second kappa shape index (κ2) is 6.16. The fourth-order valence-electron chi connectivity index (χ4n) is 2.82. The Balaban J connectivity index is 1.80. The first-order valence-corrected chi connectivity index (χ1v) is 7.78. The first-order valence-electron chi connectivity index (χ1n) is 6.99. The summed E-state index contributed by atoms with van der Waals surface area (Å²) in [5.74, 6) is 0.622. The minimum Gasteiger partial charge on any atom is -0.493 e. The summed E-state index contributed by atoms with van der Waals surface area (Å²) in [6.45, 7) is 0.617. The van der Waals surface area contributed by atoms with E-state index in [2.05, 4.69) is 15.9 Å². The van der Waals surface area contributed by atoms with Gasteiger partial charge >= 0.3 is 0 Å². The second-order valence-corrected chi connectivity index (χ2v) is 6.16. The first-order chi connectivity index (χ1) is 10.1. The molecular weight excluding hydrogens is 335 g/mol. The number of benzene rings is 2. The van der Waals surface area contributed by atoms with Crippen LogP contribution in [0.4, 0.5) is 4.39 Å². The zero-order valence-corrected chi connectivity index (χ0v) is 13.0. The van der Waals surface area contributed by atoms with Gasteiger partial charge in [0.25, 0.3) is 0 Å². The topological polar surface area (TPSA) is 29.5 Å². The highest BCUT2D eigenvalue weighted by Gasteiger charge is 2.27. The van der Waals surface area contributed by atoms with E-state index in [0.717, 1.165) is 23.3 Å². The van der Waals surface area contributed by atoms with Gasteiger partial charge in [-0.15, -0.1) is 0 Å². The van der Waals surface area contributed by atoms with Crippen molar-refractivity contribution in [1.29, 1.82) is 0 Å². The molecule has 0 amide bonds. The van der Waals surface area contributed by atoms with E-state index in [1.54, 1.807) is 12.1 Å². The monoisotopic (exact) mass is 350 g/mol. The van der Waals surface area contributed by atoms with Gasteiger partial charge in [-0.25, -0.2) is 4.39 Å². The van der Waals surface area contributed by atoms with Crippen molar-refractivity contribution in [1.82, 2.24) is 0 Å². The molecule has 3 rings (SSSR count). The largest absolute Gasteiger partial charge is 0.493 e. The van der Waals surface area contributed by atoms with Crippen LogP contribution in [0.3, 0.4) is 0 Å². The predicted octanol–water partition coefficient (Wildman–Crippen LogP) is 4.06. The molecule has 0 aromatic heterocycles. The molecule has 0 radical (unpaired) electrons. The molecule has 2 aromatic rings. The SMILES string of the molecule is OC(Cc1ccc(F)c(Br)c1)C1CCOc2ccccc21. The summed E-state index contributed by atoms with van der Waals surface area (Å²) in [6, 6.07) is 12.7. The average molecular weight is 351 g/mol. The molecule has 21 heavy (non-hydrogen) atoms. The van der Waals surface area contributed by atoms with Gasteiger partial charge < -0.3 is 9.84 Å². The summed E-state index contributed by atoms with van der Waals surface area (Å²) < 4.78 is 19.3. The highest BCUT2D eigenvalue weighted by atomic mass is 79.9. The highest BCUT2D eigenvalue weighted by Crippen LogP contribution is 2.36. The van der Waals surface area contributed by atoms with E-state index in [1.807, 2.05) is 24.3 Å². The lowest BCUT2D eigenvalue weighted by atomic mass is 9.85. The lowest BCUT2D eigenvalue weighted by Gasteiger charge is -2.29. The van der Waals surface area contributed by atoms with Crippen molar-refractivity contribution < 1.29 is 14.2 Å². The van der Waals surface area contributed by atoms with E-state index in [1.165, 1.54) is 6.07 Å². The van der Waals surface area contributed by atoms with Gasteiger partial charge in [0.1, 0.15) is 11.6 Å². The minimum absolute atomic E-state index is 0.0544. The van der Waals surface area contributed by atoms with Crippen LogP contribution in [0, 0.1) is 5.82 Å². The molecule has 2 atom stereocenters. The molecule has 0 saturated carbocycles. The van der Waals surface area contributed by atoms with Crippen LogP contribution in [-0.2, 0) is 6.42 Å². The molecule has 110 valence electrons. The third kappa shape index (κ3) is 3.11. The fourth-order valence-corrected chi connectivity index (χ4v) is 3.25. The number of fused-ring (bicyclic) bond motifs is 1. The Kier molecular flexibility index (Phi) is 4.27. The van der Waals surface area contributed by atoms with Gasteiger partial charge in [-0.3, -0.25) is 0 Å². The minimum atomic E-state index is -0.507.